The first-order valence-electron chi connectivity index (χ1n) is 5.57. The van der Waals surface area contributed by atoms with Crippen molar-refractivity contribution >= 4 is 5.69 Å². The van der Waals surface area contributed by atoms with Crippen molar-refractivity contribution < 1.29 is 13.5 Å². The number of ether oxygens (including phenoxy) is 1. The van der Waals surface area contributed by atoms with Gasteiger partial charge in [-0.1, -0.05) is 6.07 Å². The number of halogens is 2. The average molecular weight is 242 g/mol. The topological polar surface area (TPSA) is 24.5 Å². The number of nitrogens with one attached hydrogen (secondary N) is 1. The Morgan fingerprint density at radius 2 is 2.12 bits per heavy atom. The molecular formula is C12H16F2N2O. The first-order chi connectivity index (χ1) is 8.11. The minimum absolute atomic E-state index is 0.0868. The fourth-order valence-corrected chi connectivity index (χ4v) is 2.06. The number of morpholine rings is 1. The second kappa shape index (κ2) is 4.98. The maximum absolute atomic E-state index is 13.8. The van der Waals surface area contributed by atoms with E-state index in [1.165, 1.54) is 0 Å². The third-order valence-electron chi connectivity index (χ3n) is 2.84. The van der Waals surface area contributed by atoms with Crippen LogP contribution in [0.15, 0.2) is 12.1 Å². The molecule has 1 unspecified atom stereocenters. The van der Waals surface area contributed by atoms with Crippen LogP contribution in [0.25, 0.3) is 0 Å². The summed E-state index contributed by atoms with van der Waals surface area (Å²) in [6.07, 6.45) is 0. The summed E-state index contributed by atoms with van der Waals surface area (Å²) in [5.41, 5.74) is 1.02. The van der Waals surface area contributed by atoms with Gasteiger partial charge in [0.2, 0.25) is 0 Å². The number of hydrogen-bond acceptors (Lipinski definition) is 3. The van der Waals surface area contributed by atoms with E-state index in [1.807, 2.05) is 0 Å². The van der Waals surface area contributed by atoms with Crippen molar-refractivity contribution in [2.24, 2.45) is 0 Å². The lowest BCUT2D eigenvalue weighted by atomic mass is 10.0. The van der Waals surface area contributed by atoms with Crippen molar-refractivity contribution in [2.45, 2.75) is 6.04 Å². The minimum atomic E-state index is -0.825. The van der Waals surface area contributed by atoms with E-state index < -0.39 is 11.6 Å². The van der Waals surface area contributed by atoms with Crippen LogP contribution < -0.4 is 10.2 Å². The Kier molecular flexibility index (Phi) is 3.59. The molecule has 1 heterocycles. The van der Waals surface area contributed by atoms with Crippen LogP contribution in [0.4, 0.5) is 14.5 Å². The standard InChI is InChI=1S/C12H16F2N2O/c1-16(2)12-8(3-4-9(13)11(12)14)10-7-17-6-5-15-10/h3-4,10,15H,5-7H2,1-2H3. The molecule has 94 valence electrons. The summed E-state index contributed by atoms with van der Waals surface area (Å²) in [4.78, 5) is 1.59. The number of hydrogen-bond donors (Lipinski definition) is 1. The zero-order chi connectivity index (χ0) is 12.4. The molecule has 0 spiro atoms. The maximum Gasteiger partial charge on any atom is 0.182 e. The molecule has 1 atom stereocenters. The zero-order valence-electron chi connectivity index (χ0n) is 9.96. The molecule has 1 aromatic carbocycles. The molecule has 2 rings (SSSR count). The van der Waals surface area contributed by atoms with Crippen LogP contribution >= 0.6 is 0 Å². The van der Waals surface area contributed by atoms with Crippen molar-refractivity contribution in [2.75, 3.05) is 38.8 Å². The van der Waals surface area contributed by atoms with Crippen molar-refractivity contribution in [3.05, 3.63) is 29.3 Å². The summed E-state index contributed by atoms with van der Waals surface area (Å²) in [6, 6.07) is 2.69. The van der Waals surface area contributed by atoms with E-state index in [0.717, 1.165) is 18.2 Å². The summed E-state index contributed by atoms with van der Waals surface area (Å²) in [6.45, 7) is 1.85. The van der Waals surface area contributed by atoms with Gasteiger partial charge in [-0.05, 0) is 11.6 Å². The van der Waals surface area contributed by atoms with E-state index in [0.29, 0.717) is 13.2 Å². The SMILES string of the molecule is CN(C)c1c(C2COCCN2)ccc(F)c1F. The van der Waals surface area contributed by atoms with Crippen LogP contribution in [0.2, 0.25) is 0 Å². The van der Waals surface area contributed by atoms with Gasteiger partial charge in [-0.15, -0.1) is 0 Å². The number of nitrogens with zero attached hydrogens (tertiary/aromatic N) is 1. The largest absolute Gasteiger partial charge is 0.378 e. The molecule has 1 aliphatic rings. The molecule has 0 saturated carbocycles. The molecular weight excluding hydrogens is 226 g/mol. The molecule has 0 aliphatic carbocycles. The van der Waals surface area contributed by atoms with Gasteiger partial charge < -0.3 is 15.0 Å². The first-order valence-corrected chi connectivity index (χ1v) is 5.57. The van der Waals surface area contributed by atoms with E-state index in [4.69, 9.17) is 4.74 Å². The number of rotatable bonds is 2. The normalized spacial score (nSPS) is 20.4. The van der Waals surface area contributed by atoms with Crippen LogP contribution in [0.3, 0.4) is 0 Å². The van der Waals surface area contributed by atoms with Gasteiger partial charge in [-0.25, -0.2) is 8.78 Å². The van der Waals surface area contributed by atoms with Crippen LogP contribution in [-0.2, 0) is 4.74 Å². The van der Waals surface area contributed by atoms with Crippen LogP contribution in [0.5, 0.6) is 0 Å². The lowest BCUT2D eigenvalue weighted by molar-refractivity contribution is 0.0769. The third-order valence-corrected chi connectivity index (χ3v) is 2.84. The van der Waals surface area contributed by atoms with Crippen LogP contribution in [0.1, 0.15) is 11.6 Å². The Hall–Kier alpha value is -1.20. The molecule has 5 heteroatoms. The fourth-order valence-electron chi connectivity index (χ4n) is 2.06. The summed E-state index contributed by atoms with van der Waals surface area (Å²) >= 11 is 0. The Morgan fingerprint density at radius 3 is 2.71 bits per heavy atom. The minimum Gasteiger partial charge on any atom is -0.378 e. The van der Waals surface area contributed by atoms with Gasteiger partial charge in [-0.3, -0.25) is 0 Å². The Labute approximate surface area is 99.4 Å². The summed E-state index contributed by atoms with van der Waals surface area (Å²) in [5, 5.41) is 3.24. The van der Waals surface area contributed by atoms with Crippen molar-refractivity contribution in [1.29, 1.82) is 0 Å². The highest BCUT2D eigenvalue weighted by molar-refractivity contribution is 5.55. The predicted octanol–water partition coefficient (Wildman–Crippen LogP) is 1.69. The van der Waals surface area contributed by atoms with Crippen molar-refractivity contribution in [1.82, 2.24) is 5.32 Å². The Balaban J connectivity index is 2.41. The van der Waals surface area contributed by atoms with E-state index in [2.05, 4.69) is 5.32 Å². The monoisotopic (exact) mass is 242 g/mol. The second-order valence-corrected chi connectivity index (χ2v) is 4.28. The number of anilines is 1. The molecule has 1 saturated heterocycles. The fraction of sp³-hybridized carbons (Fsp3) is 0.500. The second-order valence-electron chi connectivity index (χ2n) is 4.28. The summed E-state index contributed by atoms with van der Waals surface area (Å²) in [7, 11) is 3.40. The van der Waals surface area contributed by atoms with Crippen LogP contribution in [0, 0.1) is 11.6 Å². The third kappa shape index (κ3) is 2.40. The van der Waals surface area contributed by atoms with E-state index >= 15 is 0 Å². The van der Waals surface area contributed by atoms with Crippen LogP contribution in [-0.4, -0.2) is 33.9 Å². The molecule has 1 aliphatic heterocycles. The zero-order valence-corrected chi connectivity index (χ0v) is 9.96. The van der Waals surface area contributed by atoms with E-state index in [1.54, 1.807) is 25.1 Å². The van der Waals surface area contributed by atoms with E-state index in [-0.39, 0.29) is 11.7 Å². The molecule has 17 heavy (non-hydrogen) atoms. The van der Waals surface area contributed by atoms with Gasteiger partial charge in [0.1, 0.15) is 0 Å². The highest BCUT2D eigenvalue weighted by Gasteiger charge is 2.23. The lowest BCUT2D eigenvalue weighted by Gasteiger charge is -2.28. The van der Waals surface area contributed by atoms with Crippen molar-refractivity contribution in [3.63, 3.8) is 0 Å². The van der Waals surface area contributed by atoms with Crippen molar-refractivity contribution in [3.8, 4) is 0 Å². The molecule has 0 amide bonds. The molecule has 3 nitrogen and oxygen atoms in total. The molecule has 1 fully saturated rings. The smallest absolute Gasteiger partial charge is 0.182 e. The summed E-state index contributed by atoms with van der Waals surface area (Å²) in [5.74, 6) is -1.63. The molecule has 1 aromatic rings. The quantitative estimate of drug-likeness (QED) is 0.854. The molecule has 0 radical (unpaired) electrons. The molecule has 0 aromatic heterocycles. The molecule has 0 bridgehead atoms. The van der Waals surface area contributed by atoms with Gasteiger partial charge in [0.15, 0.2) is 11.6 Å². The maximum atomic E-state index is 13.8. The molecule has 1 N–H and O–H groups in total. The Morgan fingerprint density at radius 1 is 1.35 bits per heavy atom. The Bertz CT molecular complexity index is 404. The van der Waals surface area contributed by atoms with Gasteiger partial charge >= 0.3 is 0 Å². The highest BCUT2D eigenvalue weighted by atomic mass is 19.2. The number of benzene rings is 1. The van der Waals surface area contributed by atoms with Gasteiger partial charge in [-0.2, -0.15) is 0 Å². The van der Waals surface area contributed by atoms with Gasteiger partial charge in [0.05, 0.1) is 24.9 Å². The van der Waals surface area contributed by atoms with E-state index in [9.17, 15) is 8.78 Å². The summed E-state index contributed by atoms with van der Waals surface area (Å²) < 4.78 is 32.4. The average Bonchev–Trinajstić information content (AvgIpc) is 2.33. The van der Waals surface area contributed by atoms with Gasteiger partial charge in [0, 0.05) is 20.6 Å². The lowest BCUT2D eigenvalue weighted by Crippen LogP contribution is -2.35. The van der Waals surface area contributed by atoms with Gasteiger partial charge in [0.25, 0.3) is 0 Å². The predicted molar refractivity (Wildman–Crippen MR) is 62.2 cm³/mol. The highest BCUT2D eigenvalue weighted by Crippen LogP contribution is 2.30. The first kappa shape index (κ1) is 12.3.